The summed E-state index contributed by atoms with van der Waals surface area (Å²) in [5.41, 5.74) is 2.06. The van der Waals surface area contributed by atoms with Crippen LogP contribution in [0.15, 0.2) is 53.0 Å². The Kier molecular flexibility index (Phi) is 5.86. The van der Waals surface area contributed by atoms with Crippen LogP contribution in [0, 0.1) is 0 Å². The molecule has 0 radical (unpaired) electrons. The molecule has 0 fully saturated rings. The van der Waals surface area contributed by atoms with Crippen LogP contribution in [-0.2, 0) is 6.54 Å². The summed E-state index contributed by atoms with van der Waals surface area (Å²) in [7, 11) is 1.77. The van der Waals surface area contributed by atoms with E-state index in [-0.39, 0.29) is 12.1 Å². The molecule has 22 heavy (non-hydrogen) atoms. The van der Waals surface area contributed by atoms with Gasteiger partial charge in [0.15, 0.2) is 0 Å². The van der Waals surface area contributed by atoms with E-state index in [0.717, 1.165) is 15.6 Å². The predicted octanol–water partition coefficient (Wildman–Crippen LogP) is 5.01. The highest BCUT2D eigenvalue weighted by Gasteiger charge is 2.13. The van der Waals surface area contributed by atoms with Gasteiger partial charge in [-0.2, -0.15) is 0 Å². The molecule has 116 valence electrons. The summed E-state index contributed by atoms with van der Waals surface area (Å²) >= 11 is 9.37. The third-order valence-electron chi connectivity index (χ3n) is 3.37. The lowest BCUT2D eigenvalue weighted by molar-refractivity contribution is 0.203. The zero-order chi connectivity index (χ0) is 16.1. The maximum atomic E-state index is 12.3. The molecule has 2 amide bonds. The van der Waals surface area contributed by atoms with Gasteiger partial charge >= 0.3 is 6.03 Å². The molecule has 1 N–H and O–H groups in total. The molecule has 0 aliphatic carbocycles. The minimum Gasteiger partial charge on any atom is -0.331 e. The summed E-state index contributed by atoms with van der Waals surface area (Å²) in [5, 5.41) is 3.66. The van der Waals surface area contributed by atoms with Crippen molar-refractivity contribution in [2.75, 3.05) is 7.05 Å². The Labute approximate surface area is 144 Å². The van der Waals surface area contributed by atoms with Crippen molar-refractivity contribution in [3.8, 4) is 0 Å². The molecule has 0 aromatic heterocycles. The highest BCUT2D eigenvalue weighted by Crippen LogP contribution is 2.17. The van der Waals surface area contributed by atoms with E-state index in [1.807, 2.05) is 55.5 Å². The van der Waals surface area contributed by atoms with Gasteiger partial charge in [-0.15, -0.1) is 0 Å². The van der Waals surface area contributed by atoms with Gasteiger partial charge in [-0.25, -0.2) is 4.79 Å². The summed E-state index contributed by atoms with van der Waals surface area (Å²) in [4.78, 5) is 13.9. The first-order chi connectivity index (χ1) is 10.5. The number of urea groups is 1. The second kappa shape index (κ2) is 7.65. The molecular weight excluding hydrogens is 364 g/mol. The zero-order valence-corrected chi connectivity index (χ0v) is 14.9. The average molecular weight is 382 g/mol. The first-order valence-corrected chi connectivity index (χ1v) is 8.14. The van der Waals surface area contributed by atoms with E-state index in [2.05, 4.69) is 21.2 Å². The third kappa shape index (κ3) is 4.75. The number of nitrogens with zero attached hydrogens (tertiary/aromatic N) is 1. The fraction of sp³-hybridized carbons (Fsp3) is 0.235. The van der Waals surface area contributed by atoms with Gasteiger partial charge < -0.3 is 10.2 Å². The molecule has 2 rings (SSSR count). The molecule has 0 aliphatic heterocycles. The second-order valence-corrected chi connectivity index (χ2v) is 6.56. The van der Waals surface area contributed by atoms with Crippen LogP contribution in [0.1, 0.15) is 24.1 Å². The third-order valence-corrected chi connectivity index (χ3v) is 4.13. The minimum atomic E-state index is -0.115. The topological polar surface area (TPSA) is 32.3 Å². The standard InChI is InChI=1S/C17H18BrClN2O/c1-12(14-6-8-15(18)9-7-14)20-17(22)21(2)11-13-4-3-5-16(19)10-13/h3-10,12H,11H2,1-2H3,(H,20,22). The first kappa shape index (κ1) is 16.8. The molecule has 0 saturated carbocycles. The zero-order valence-electron chi connectivity index (χ0n) is 12.5. The number of halogens is 2. The number of nitrogens with one attached hydrogen (secondary N) is 1. The normalized spacial score (nSPS) is 11.8. The Hall–Kier alpha value is -1.52. The van der Waals surface area contributed by atoms with Gasteiger partial charge in [-0.3, -0.25) is 0 Å². The van der Waals surface area contributed by atoms with Gasteiger partial charge in [0.05, 0.1) is 6.04 Å². The van der Waals surface area contributed by atoms with Crippen molar-refractivity contribution in [3.05, 3.63) is 69.2 Å². The summed E-state index contributed by atoms with van der Waals surface area (Å²) < 4.78 is 1.02. The number of carbonyl (C=O) groups excluding carboxylic acids is 1. The summed E-state index contributed by atoms with van der Waals surface area (Å²) in [6, 6.07) is 15.3. The van der Waals surface area contributed by atoms with Crippen molar-refractivity contribution < 1.29 is 4.79 Å². The molecule has 1 unspecified atom stereocenters. The Morgan fingerprint density at radius 2 is 1.95 bits per heavy atom. The SMILES string of the molecule is CC(NC(=O)N(C)Cc1cccc(Cl)c1)c1ccc(Br)cc1. The van der Waals surface area contributed by atoms with Crippen LogP contribution in [0.25, 0.3) is 0 Å². The van der Waals surface area contributed by atoms with Gasteiger partial charge in [-0.1, -0.05) is 51.8 Å². The van der Waals surface area contributed by atoms with Crippen LogP contribution in [0.3, 0.4) is 0 Å². The van der Waals surface area contributed by atoms with Crippen molar-refractivity contribution >= 4 is 33.6 Å². The maximum Gasteiger partial charge on any atom is 0.317 e. The molecule has 3 nitrogen and oxygen atoms in total. The molecule has 2 aromatic carbocycles. The van der Waals surface area contributed by atoms with E-state index in [9.17, 15) is 4.79 Å². The van der Waals surface area contributed by atoms with E-state index in [0.29, 0.717) is 11.6 Å². The van der Waals surface area contributed by atoms with Crippen molar-refractivity contribution in [3.63, 3.8) is 0 Å². The van der Waals surface area contributed by atoms with E-state index in [4.69, 9.17) is 11.6 Å². The summed E-state index contributed by atoms with van der Waals surface area (Å²) in [5.74, 6) is 0. The number of carbonyl (C=O) groups is 1. The molecule has 0 saturated heterocycles. The van der Waals surface area contributed by atoms with Crippen LogP contribution < -0.4 is 5.32 Å². The lowest BCUT2D eigenvalue weighted by atomic mass is 10.1. The van der Waals surface area contributed by atoms with Crippen LogP contribution in [0.5, 0.6) is 0 Å². The van der Waals surface area contributed by atoms with Crippen LogP contribution in [-0.4, -0.2) is 18.0 Å². The van der Waals surface area contributed by atoms with E-state index < -0.39 is 0 Å². The monoisotopic (exact) mass is 380 g/mol. The van der Waals surface area contributed by atoms with Gasteiger partial charge in [0.2, 0.25) is 0 Å². The molecule has 2 aromatic rings. The predicted molar refractivity (Wildman–Crippen MR) is 94.0 cm³/mol. The number of hydrogen-bond donors (Lipinski definition) is 1. The fourth-order valence-electron chi connectivity index (χ4n) is 2.11. The molecular formula is C17H18BrClN2O. The Morgan fingerprint density at radius 3 is 2.59 bits per heavy atom. The van der Waals surface area contributed by atoms with Gasteiger partial charge in [0.25, 0.3) is 0 Å². The lowest BCUT2D eigenvalue weighted by Crippen LogP contribution is -2.38. The van der Waals surface area contributed by atoms with Gasteiger partial charge in [0, 0.05) is 23.1 Å². The highest BCUT2D eigenvalue weighted by atomic mass is 79.9. The van der Waals surface area contributed by atoms with Gasteiger partial charge in [0.1, 0.15) is 0 Å². The number of amides is 2. The second-order valence-electron chi connectivity index (χ2n) is 5.21. The Morgan fingerprint density at radius 1 is 1.27 bits per heavy atom. The van der Waals surface area contributed by atoms with Crippen molar-refractivity contribution in [2.24, 2.45) is 0 Å². The molecule has 5 heteroatoms. The Bertz CT molecular complexity index is 645. The van der Waals surface area contributed by atoms with Crippen molar-refractivity contribution in [2.45, 2.75) is 19.5 Å². The van der Waals surface area contributed by atoms with Crippen molar-refractivity contribution in [1.29, 1.82) is 0 Å². The van der Waals surface area contributed by atoms with E-state index >= 15 is 0 Å². The maximum absolute atomic E-state index is 12.3. The van der Waals surface area contributed by atoms with Gasteiger partial charge in [-0.05, 0) is 42.3 Å². The molecule has 0 spiro atoms. The fourth-order valence-corrected chi connectivity index (χ4v) is 2.59. The first-order valence-electron chi connectivity index (χ1n) is 6.97. The number of hydrogen-bond acceptors (Lipinski definition) is 1. The highest BCUT2D eigenvalue weighted by molar-refractivity contribution is 9.10. The quantitative estimate of drug-likeness (QED) is 0.793. The summed E-state index contributed by atoms with van der Waals surface area (Å²) in [6.45, 7) is 2.48. The van der Waals surface area contributed by atoms with E-state index in [1.165, 1.54) is 0 Å². The molecule has 1 atom stereocenters. The van der Waals surface area contributed by atoms with Crippen LogP contribution >= 0.6 is 27.5 Å². The lowest BCUT2D eigenvalue weighted by Gasteiger charge is -2.22. The Balaban J connectivity index is 1.94. The summed E-state index contributed by atoms with van der Waals surface area (Å²) in [6.07, 6.45) is 0. The average Bonchev–Trinajstić information content (AvgIpc) is 2.47. The molecule has 0 aliphatic rings. The van der Waals surface area contributed by atoms with E-state index in [1.54, 1.807) is 11.9 Å². The minimum absolute atomic E-state index is 0.0533. The smallest absolute Gasteiger partial charge is 0.317 e. The molecule has 0 heterocycles. The largest absolute Gasteiger partial charge is 0.331 e. The van der Waals surface area contributed by atoms with Crippen molar-refractivity contribution in [1.82, 2.24) is 10.2 Å². The van der Waals surface area contributed by atoms with Crippen LogP contribution in [0.2, 0.25) is 5.02 Å². The number of rotatable bonds is 4. The molecule has 0 bridgehead atoms. The van der Waals surface area contributed by atoms with Crippen LogP contribution in [0.4, 0.5) is 4.79 Å². The number of benzene rings is 2.